The molecule has 3 aromatic rings. The Hall–Kier alpha value is -4.47. The molecule has 1 atom stereocenters. The summed E-state index contributed by atoms with van der Waals surface area (Å²) in [5.41, 5.74) is 2.08. The van der Waals surface area contributed by atoms with E-state index in [9.17, 15) is 27.9 Å². The molecule has 4 rings (SSSR count). The topological polar surface area (TPSA) is 85.3 Å². The van der Waals surface area contributed by atoms with Crippen LogP contribution in [0.3, 0.4) is 0 Å². The molecule has 1 unspecified atom stereocenters. The van der Waals surface area contributed by atoms with Gasteiger partial charge in [0.1, 0.15) is 23.0 Å². The lowest BCUT2D eigenvalue weighted by atomic mass is 9.93. The first-order valence-corrected chi connectivity index (χ1v) is 11.4. The second kappa shape index (κ2) is 10.1. The number of carbonyl (C=O) groups excluding carboxylic acids is 2. The summed E-state index contributed by atoms with van der Waals surface area (Å²) in [6, 6.07) is 13.5. The molecule has 1 fully saturated rings. The second-order valence-corrected chi connectivity index (χ2v) is 8.65. The van der Waals surface area contributed by atoms with Gasteiger partial charge in [-0.3, -0.25) is 14.5 Å². The van der Waals surface area contributed by atoms with Crippen LogP contribution in [-0.4, -0.2) is 37.4 Å². The lowest BCUT2D eigenvalue weighted by Crippen LogP contribution is -2.29. The third kappa shape index (κ3) is 5.02. The number of carbonyl (C=O) groups is 2. The van der Waals surface area contributed by atoms with Gasteiger partial charge >= 0.3 is 6.36 Å². The van der Waals surface area contributed by atoms with Crippen molar-refractivity contribution >= 4 is 23.1 Å². The van der Waals surface area contributed by atoms with Gasteiger partial charge in [-0.15, -0.1) is 13.2 Å². The number of halogens is 3. The first-order valence-electron chi connectivity index (χ1n) is 11.4. The molecule has 3 aromatic carbocycles. The number of benzene rings is 3. The number of hydrogen-bond donors (Lipinski definition) is 1. The van der Waals surface area contributed by atoms with Crippen molar-refractivity contribution in [3.8, 4) is 17.2 Å². The van der Waals surface area contributed by atoms with E-state index in [0.717, 1.165) is 22.6 Å². The van der Waals surface area contributed by atoms with E-state index in [2.05, 4.69) is 4.74 Å². The summed E-state index contributed by atoms with van der Waals surface area (Å²) in [5, 5.41) is 11.5. The maximum absolute atomic E-state index is 13.4. The minimum absolute atomic E-state index is 0.126. The molecule has 0 aromatic heterocycles. The first kappa shape index (κ1) is 26.6. The number of ether oxygens (including phenoxy) is 3. The number of nitrogens with zero attached hydrogens (tertiary/aromatic N) is 1. The highest BCUT2D eigenvalue weighted by atomic mass is 19.4. The molecule has 1 amide bonds. The second-order valence-electron chi connectivity index (χ2n) is 8.65. The number of rotatable bonds is 6. The Balaban J connectivity index is 1.94. The standard InChI is InChI=1S/C28H24F3NO6/c1-15-12-16(2)26(37-4)21(13-15)24(33)22-23(17-6-5-7-20(14-17)36-3)32(27(35)25(22)34)18-8-10-19(11-9-18)38-28(29,30)31/h5-14,23,33H,1-4H3/b24-22+. The summed E-state index contributed by atoms with van der Waals surface area (Å²) in [6.07, 6.45) is -4.89. The van der Waals surface area contributed by atoms with Gasteiger partial charge in [-0.05, 0) is 73.0 Å². The normalized spacial score (nSPS) is 17.0. The highest BCUT2D eigenvalue weighted by Crippen LogP contribution is 2.44. The molecule has 1 aliphatic heterocycles. The molecule has 38 heavy (non-hydrogen) atoms. The largest absolute Gasteiger partial charge is 0.573 e. The zero-order valence-electron chi connectivity index (χ0n) is 20.9. The predicted octanol–water partition coefficient (Wildman–Crippen LogP) is 5.85. The summed E-state index contributed by atoms with van der Waals surface area (Å²) in [7, 11) is 2.88. The van der Waals surface area contributed by atoms with Crippen LogP contribution in [0.25, 0.3) is 5.76 Å². The van der Waals surface area contributed by atoms with Crippen molar-refractivity contribution in [2.75, 3.05) is 19.1 Å². The molecule has 10 heteroatoms. The summed E-state index contributed by atoms with van der Waals surface area (Å²) >= 11 is 0. The highest BCUT2D eigenvalue weighted by molar-refractivity contribution is 6.51. The maximum atomic E-state index is 13.4. The van der Waals surface area contributed by atoms with Crippen molar-refractivity contribution in [1.82, 2.24) is 0 Å². The van der Waals surface area contributed by atoms with E-state index in [0.29, 0.717) is 22.6 Å². The SMILES string of the molecule is COc1cccc(C2/C(=C(\O)c3cc(C)cc(C)c3OC)C(=O)C(=O)N2c2ccc(OC(F)(F)F)cc2)c1. The Morgan fingerprint density at radius 3 is 2.21 bits per heavy atom. The highest BCUT2D eigenvalue weighted by Gasteiger charge is 2.47. The first-order chi connectivity index (χ1) is 17.9. The van der Waals surface area contributed by atoms with Gasteiger partial charge in [0.25, 0.3) is 11.7 Å². The van der Waals surface area contributed by atoms with Gasteiger partial charge in [0.2, 0.25) is 0 Å². The average Bonchev–Trinajstić information content (AvgIpc) is 3.13. The summed E-state index contributed by atoms with van der Waals surface area (Å²) in [4.78, 5) is 27.9. The van der Waals surface area contributed by atoms with Crippen LogP contribution in [0, 0.1) is 13.8 Å². The Morgan fingerprint density at radius 2 is 1.61 bits per heavy atom. The van der Waals surface area contributed by atoms with E-state index in [1.807, 2.05) is 13.0 Å². The molecule has 198 valence electrons. The molecule has 1 N–H and O–H groups in total. The smallest absolute Gasteiger partial charge is 0.507 e. The van der Waals surface area contributed by atoms with Crippen molar-refractivity contribution in [2.24, 2.45) is 0 Å². The van der Waals surface area contributed by atoms with Crippen LogP contribution >= 0.6 is 0 Å². The molecule has 0 saturated carbocycles. The number of aliphatic hydroxyl groups is 1. The van der Waals surface area contributed by atoms with E-state index in [4.69, 9.17) is 9.47 Å². The van der Waals surface area contributed by atoms with E-state index in [1.54, 1.807) is 37.3 Å². The summed E-state index contributed by atoms with van der Waals surface area (Å²) in [6.45, 7) is 3.59. The maximum Gasteiger partial charge on any atom is 0.573 e. The molecule has 0 aliphatic carbocycles. The van der Waals surface area contributed by atoms with Gasteiger partial charge in [-0.25, -0.2) is 0 Å². The van der Waals surface area contributed by atoms with Gasteiger partial charge in [-0.2, -0.15) is 0 Å². The molecule has 1 aliphatic rings. The van der Waals surface area contributed by atoms with Gasteiger partial charge in [0, 0.05) is 5.69 Å². The van der Waals surface area contributed by atoms with Gasteiger partial charge in [0.05, 0.1) is 31.4 Å². The van der Waals surface area contributed by atoms with E-state index >= 15 is 0 Å². The minimum Gasteiger partial charge on any atom is -0.507 e. The quantitative estimate of drug-likeness (QED) is 0.246. The number of methoxy groups -OCH3 is 2. The molecular weight excluding hydrogens is 503 g/mol. The number of aliphatic hydroxyl groups excluding tert-OH is 1. The van der Waals surface area contributed by atoms with Crippen molar-refractivity contribution < 1.29 is 42.1 Å². The van der Waals surface area contributed by atoms with Crippen LogP contribution in [0.15, 0.2) is 66.2 Å². The predicted molar refractivity (Wildman–Crippen MR) is 133 cm³/mol. The van der Waals surface area contributed by atoms with Gasteiger partial charge in [-0.1, -0.05) is 18.2 Å². The molecule has 0 radical (unpaired) electrons. The van der Waals surface area contributed by atoms with Gasteiger partial charge < -0.3 is 19.3 Å². The minimum atomic E-state index is -4.89. The molecule has 0 spiro atoms. The number of hydrogen-bond acceptors (Lipinski definition) is 6. The molecular formula is C28H24F3NO6. The Labute approximate surface area is 216 Å². The van der Waals surface area contributed by atoms with Crippen LogP contribution in [0.5, 0.6) is 17.2 Å². The number of ketones is 1. The number of Topliss-reactive ketones (excluding diaryl/α,β-unsaturated/α-hetero) is 1. The lowest BCUT2D eigenvalue weighted by Gasteiger charge is -2.26. The van der Waals surface area contributed by atoms with Crippen LogP contribution in [-0.2, 0) is 9.59 Å². The zero-order chi connectivity index (χ0) is 27.8. The van der Waals surface area contributed by atoms with Crippen LogP contribution in [0.1, 0.15) is 28.3 Å². The van der Waals surface area contributed by atoms with E-state index < -0.39 is 35.6 Å². The summed E-state index contributed by atoms with van der Waals surface area (Å²) in [5.74, 6) is -2.10. The molecule has 1 saturated heterocycles. The fourth-order valence-electron chi connectivity index (χ4n) is 4.58. The Morgan fingerprint density at radius 1 is 0.921 bits per heavy atom. The fourth-order valence-corrected chi connectivity index (χ4v) is 4.58. The van der Waals surface area contributed by atoms with Crippen LogP contribution < -0.4 is 19.1 Å². The van der Waals surface area contributed by atoms with Crippen molar-refractivity contribution in [3.63, 3.8) is 0 Å². The van der Waals surface area contributed by atoms with E-state index in [1.165, 1.54) is 26.4 Å². The van der Waals surface area contributed by atoms with Crippen molar-refractivity contribution in [2.45, 2.75) is 26.3 Å². The third-order valence-electron chi connectivity index (χ3n) is 6.08. The molecule has 1 heterocycles. The molecule has 0 bridgehead atoms. The van der Waals surface area contributed by atoms with Crippen LogP contribution in [0.4, 0.5) is 18.9 Å². The van der Waals surface area contributed by atoms with Crippen molar-refractivity contribution in [3.05, 3.63) is 88.5 Å². The number of alkyl halides is 3. The summed E-state index contributed by atoms with van der Waals surface area (Å²) < 4.78 is 52.6. The van der Waals surface area contributed by atoms with Gasteiger partial charge in [0.15, 0.2) is 0 Å². The molecule has 7 nitrogen and oxygen atoms in total. The third-order valence-corrected chi connectivity index (χ3v) is 6.08. The fraction of sp³-hybridized carbons (Fsp3) is 0.214. The average molecular weight is 527 g/mol. The number of aryl methyl sites for hydroxylation is 2. The Bertz CT molecular complexity index is 1430. The zero-order valence-corrected chi connectivity index (χ0v) is 20.9. The lowest BCUT2D eigenvalue weighted by molar-refractivity contribution is -0.274. The Kier molecular flexibility index (Phi) is 7.08. The monoisotopic (exact) mass is 527 g/mol. The van der Waals surface area contributed by atoms with E-state index in [-0.39, 0.29) is 16.8 Å². The number of amides is 1. The van der Waals surface area contributed by atoms with Crippen molar-refractivity contribution in [1.29, 1.82) is 0 Å². The van der Waals surface area contributed by atoms with Crippen LogP contribution in [0.2, 0.25) is 0 Å². The number of anilines is 1.